The zero-order valence-corrected chi connectivity index (χ0v) is 26.4. The first-order valence-corrected chi connectivity index (χ1v) is 15.3. The van der Waals surface area contributed by atoms with Crippen molar-refractivity contribution in [1.82, 2.24) is 36.5 Å². The Balaban J connectivity index is 3.76. The maximum absolute atomic E-state index is 12.0. The second kappa shape index (κ2) is 25.4. The van der Waals surface area contributed by atoms with Crippen molar-refractivity contribution in [3.05, 3.63) is 0 Å². The minimum Gasteiger partial charge on any atom is -0.366 e. The van der Waals surface area contributed by atoms with E-state index >= 15 is 0 Å². The van der Waals surface area contributed by atoms with Crippen LogP contribution in [0.4, 0.5) is 0 Å². The number of carbonyl (C=O) groups is 5. The maximum Gasteiger partial charge on any atom is 0.246 e. The summed E-state index contributed by atoms with van der Waals surface area (Å²) in [6, 6.07) is 0. The van der Waals surface area contributed by atoms with Gasteiger partial charge in [-0.25, -0.2) is 15.2 Å². The summed E-state index contributed by atoms with van der Waals surface area (Å²) in [6.45, 7) is 3.32. The highest BCUT2D eigenvalue weighted by Crippen LogP contribution is 2.03. The van der Waals surface area contributed by atoms with Crippen molar-refractivity contribution in [2.45, 2.75) is 90.4 Å². The van der Waals surface area contributed by atoms with Crippen LogP contribution >= 0.6 is 12.2 Å². The molecule has 15 nitrogen and oxygen atoms in total. The van der Waals surface area contributed by atoms with Gasteiger partial charge in [-0.15, -0.1) is 0 Å². The van der Waals surface area contributed by atoms with Gasteiger partial charge in [0.15, 0.2) is 5.11 Å². The normalized spacial score (nSPS) is 10.4. The van der Waals surface area contributed by atoms with Crippen molar-refractivity contribution < 1.29 is 39.6 Å². The second-order valence-electron chi connectivity index (χ2n) is 10.1. The molecule has 0 aromatic heterocycles. The largest absolute Gasteiger partial charge is 0.366 e. The van der Waals surface area contributed by atoms with Crippen molar-refractivity contribution in [3.63, 3.8) is 0 Å². The topological polar surface area (TPSA) is 204 Å². The van der Waals surface area contributed by atoms with Crippen LogP contribution in [0.2, 0.25) is 0 Å². The number of rotatable bonds is 24. The molecule has 0 saturated carbocycles. The molecule has 0 rings (SSSR count). The fourth-order valence-corrected chi connectivity index (χ4v) is 3.82. The number of hydroxylamine groups is 6. The van der Waals surface area contributed by atoms with Crippen molar-refractivity contribution >= 4 is 46.9 Å². The molecule has 0 fully saturated rings. The monoisotopic (exact) mass is 633 g/mol. The van der Waals surface area contributed by atoms with Crippen LogP contribution in [-0.2, 0) is 24.0 Å². The van der Waals surface area contributed by atoms with Crippen LogP contribution in [0.3, 0.4) is 0 Å². The average molecular weight is 634 g/mol. The lowest BCUT2D eigenvalue weighted by Gasteiger charge is -2.15. The summed E-state index contributed by atoms with van der Waals surface area (Å²) in [7, 11) is 1.73. The Morgan fingerprint density at radius 2 is 0.930 bits per heavy atom. The molecule has 0 aliphatic heterocycles. The molecule has 0 aliphatic rings. The van der Waals surface area contributed by atoms with Crippen molar-refractivity contribution in [2.75, 3.05) is 46.3 Å². The molecule has 0 heterocycles. The van der Waals surface area contributed by atoms with E-state index in [0.29, 0.717) is 84.9 Å². The number of nitrogens with one attached hydrogen (secondary N) is 4. The Bertz CT molecular complexity index is 865. The van der Waals surface area contributed by atoms with E-state index in [1.165, 1.54) is 6.92 Å². The van der Waals surface area contributed by atoms with Gasteiger partial charge in [0.05, 0.1) is 0 Å². The Labute approximate surface area is 259 Å². The van der Waals surface area contributed by atoms with Crippen LogP contribution < -0.4 is 21.3 Å². The van der Waals surface area contributed by atoms with Crippen molar-refractivity contribution in [2.24, 2.45) is 0 Å². The number of hydrogen-bond donors (Lipinski definition) is 7. The summed E-state index contributed by atoms with van der Waals surface area (Å²) in [4.78, 5) is 58.7. The van der Waals surface area contributed by atoms with Gasteiger partial charge in [-0.05, 0) is 70.0 Å². The zero-order chi connectivity index (χ0) is 32.5. The van der Waals surface area contributed by atoms with E-state index in [9.17, 15) is 39.6 Å². The van der Waals surface area contributed by atoms with Crippen molar-refractivity contribution in [3.8, 4) is 0 Å². The van der Waals surface area contributed by atoms with E-state index in [2.05, 4.69) is 21.3 Å². The molecule has 0 bridgehead atoms. The second-order valence-corrected chi connectivity index (χ2v) is 10.5. The predicted molar refractivity (Wildman–Crippen MR) is 162 cm³/mol. The van der Waals surface area contributed by atoms with E-state index in [1.54, 1.807) is 7.05 Å². The molecule has 16 heteroatoms. The van der Waals surface area contributed by atoms with E-state index in [1.807, 2.05) is 0 Å². The molecule has 0 aliphatic carbocycles. The molecule has 0 spiro atoms. The van der Waals surface area contributed by atoms with Gasteiger partial charge in [0, 0.05) is 78.9 Å². The molecule has 0 aromatic rings. The smallest absolute Gasteiger partial charge is 0.246 e. The van der Waals surface area contributed by atoms with E-state index < -0.39 is 17.7 Å². The van der Waals surface area contributed by atoms with Gasteiger partial charge < -0.3 is 21.3 Å². The fourth-order valence-electron chi connectivity index (χ4n) is 3.72. The first kappa shape index (κ1) is 39.9. The van der Waals surface area contributed by atoms with E-state index in [4.69, 9.17) is 12.2 Å². The van der Waals surface area contributed by atoms with Crippen LogP contribution in [0.1, 0.15) is 90.4 Å². The molecule has 0 aromatic carbocycles. The lowest BCUT2D eigenvalue weighted by atomic mass is 10.2. The molecule has 7 N–H and O–H groups in total. The summed E-state index contributed by atoms with van der Waals surface area (Å²) in [5.74, 6) is -2.07. The first-order valence-electron chi connectivity index (χ1n) is 14.9. The first-order chi connectivity index (χ1) is 20.5. The third kappa shape index (κ3) is 23.1. The molecule has 0 unspecified atom stereocenters. The highest BCUT2D eigenvalue weighted by molar-refractivity contribution is 7.80. The number of thiocarbonyl (C=S) groups is 1. The lowest BCUT2D eigenvalue weighted by molar-refractivity contribution is -0.166. The molecular weight excluding hydrogens is 582 g/mol. The third-order valence-corrected chi connectivity index (χ3v) is 6.72. The number of unbranched alkanes of at least 4 members (excludes halogenated alkanes) is 6. The highest BCUT2D eigenvalue weighted by Gasteiger charge is 2.14. The SMILES string of the molecule is CNC(=S)NCCCCCN(O)C(=O)CCC(=O)NCCCCCN(O)C(=O)CCC(=O)NCCCCCN(O)C(C)=O. The number of carbonyl (C=O) groups excluding carboxylic acids is 5. The summed E-state index contributed by atoms with van der Waals surface area (Å²) in [5.41, 5.74) is 0. The zero-order valence-electron chi connectivity index (χ0n) is 25.6. The summed E-state index contributed by atoms with van der Waals surface area (Å²) < 4.78 is 0. The summed E-state index contributed by atoms with van der Waals surface area (Å²) in [6.07, 6.45) is 5.76. The standard InChI is InChI=1S/C27H51N7O8S/c1-22(35)32(40)19-9-3-6-16-29-23(36)12-14-25(38)33(41)20-10-4-7-17-30-24(37)13-15-26(39)34(42)21-11-5-8-18-31-27(43)28-2/h40-42H,3-21H2,1-2H3,(H,29,36)(H,30,37)(H2,28,31,43). The Hall–Kier alpha value is -3.08. The fraction of sp³-hybridized carbons (Fsp3) is 0.778. The maximum atomic E-state index is 12.0. The Morgan fingerprint density at radius 1 is 0.558 bits per heavy atom. The summed E-state index contributed by atoms with van der Waals surface area (Å²) >= 11 is 4.97. The van der Waals surface area contributed by atoms with Gasteiger partial charge in [0.25, 0.3) is 0 Å². The van der Waals surface area contributed by atoms with Crippen LogP contribution in [-0.4, -0.2) is 112 Å². The molecule has 43 heavy (non-hydrogen) atoms. The highest BCUT2D eigenvalue weighted by atomic mass is 32.1. The van der Waals surface area contributed by atoms with Crippen LogP contribution in [0.25, 0.3) is 0 Å². The van der Waals surface area contributed by atoms with Gasteiger partial charge in [-0.1, -0.05) is 0 Å². The van der Waals surface area contributed by atoms with E-state index in [0.717, 1.165) is 12.8 Å². The Morgan fingerprint density at radius 3 is 1.30 bits per heavy atom. The molecule has 5 amide bonds. The predicted octanol–water partition coefficient (Wildman–Crippen LogP) is 1.06. The molecule has 0 saturated heterocycles. The molecular formula is C27H51N7O8S. The minimum atomic E-state index is -0.551. The van der Waals surface area contributed by atoms with Gasteiger partial charge in [0.1, 0.15) is 0 Å². The number of amides is 5. The quantitative estimate of drug-likeness (QED) is 0.0346. The van der Waals surface area contributed by atoms with Crippen LogP contribution in [0, 0.1) is 0 Å². The van der Waals surface area contributed by atoms with E-state index in [-0.39, 0.29) is 57.1 Å². The molecule has 0 radical (unpaired) electrons. The third-order valence-electron chi connectivity index (χ3n) is 6.37. The van der Waals surface area contributed by atoms with Gasteiger partial charge in [-0.2, -0.15) is 0 Å². The number of nitrogens with zero attached hydrogens (tertiary/aromatic N) is 3. The Kier molecular flexibility index (Phi) is 23.6. The average Bonchev–Trinajstić information content (AvgIpc) is 2.98. The molecule has 248 valence electrons. The lowest BCUT2D eigenvalue weighted by Crippen LogP contribution is -2.33. The van der Waals surface area contributed by atoms with Gasteiger partial charge >= 0.3 is 0 Å². The number of hydrogen-bond acceptors (Lipinski definition) is 9. The minimum absolute atomic E-state index is 0.0304. The van der Waals surface area contributed by atoms with Gasteiger partial charge in [0.2, 0.25) is 29.5 Å². The van der Waals surface area contributed by atoms with Crippen LogP contribution in [0.5, 0.6) is 0 Å². The summed E-state index contributed by atoms with van der Waals surface area (Å²) in [5, 5.41) is 42.7. The van der Waals surface area contributed by atoms with Crippen LogP contribution in [0.15, 0.2) is 0 Å². The van der Waals surface area contributed by atoms with Crippen molar-refractivity contribution in [1.29, 1.82) is 0 Å². The van der Waals surface area contributed by atoms with Gasteiger partial charge in [-0.3, -0.25) is 39.6 Å². The molecule has 0 atom stereocenters.